The molecule has 8 heteroatoms. The lowest BCUT2D eigenvalue weighted by Gasteiger charge is -2.17. The summed E-state index contributed by atoms with van der Waals surface area (Å²) in [5.74, 6) is -0.682. The maximum atomic E-state index is 11.6. The molecule has 18 heavy (non-hydrogen) atoms. The molecule has 1 aliphatic heterocycles. The quantitative estimate of drug-likeness (QED) is 0.471. The van der Waals surface area contributed by atoms with Gasteiger partial charge in [0.05, 0.1) is 19.3 Å². The second-order valence-electron chi connectivity index (χ2n) is 4.10. The Kier molecular flexibility index (Phi) is 3.62. The van der Waals surface area contributed by atoms with Crippen molar-refractivity contribution in [2.45, 2.75) is 18.4 Å². The van der Waals surface area contributed by atoms with Crippen LogP contribution < -0.4 is 11.2 Å². The second kappa shape index (κ2) is 5.02. The van der Waals surface area contributed by atoms with E-state index in [4.69, 9.17) is 14.9 Å². The first-order chi connectivity index (χ1) is 8.58. The molecular weight excluding hydrogens is 244 g/mol. The highest BCUT2D eigenvalue weighted by molar-refractivity contribution is 4.92. The zero-order valence-corrected chi connectivity index (χ0v) is 9.39. The largest absolute Gasteiger partial charge is 0.396 e. The molecule has 0 aliphatic carbocycles. The van der Waals surface area contributed by atoms with Crippen LogP contribution in [0.3, 0.4) is 0 Å². The zero-order valence-electron chi connectivity index (χ0n) is 9.39. The van der Waals surface area contributed by atoms with E-state index in [1.54, 1.807) is 0 Å². The average molecular weight is 258 g/mol. The minimum absolute atomic E-state index is 0.374. The van der Waals surface area contributed by atoms with E-state index in [-0.39, 0.29) is 13.2 Å². The number of aromatic amines is 1. The van der Waals surface area contributed by atoms with Crippen molar-refractivity contribution in [3.8, 4) is 0 Å². The van der Waals surface area contributed by atoms with Crippen LogP contribution in [0.25, 0.3) is 0 Å². The van der Waals surface area contributed by atoms with Crippen LogP contribution in [-0.2, 0) is 4.74 Å². The summed E-state index contributed by atoms with van der Waals surface area (Å²) in [6, 6.07) is 1.12. The number of nitrogens with zero attached hydrogens (tertiary/aromatic N) is 1. The number of hydrogen-bond acceptors (Lipinski definition) is 6. The molecule has 100 valence electrons. The molecule has 0 bridgehead atoms. The van der Waals surface area contributed by atoms with Gasteiger partial charge in [0.1, 0.15) is 6.10 Å². The molecule has 0 amide bonds. The molecule has 0 radical (unpaired) electrons. The number of nitrogens with one attached hydrogen (secondary N) is 1. The van der Waals surface area contributed by atoms with Gasteiger partial charge in [-0.15, -0.1) is 0 Å². The number of rotatable bonds is 3. The standard InChI is InChI=1S/C10H14N2O6/c13-3-5-6(4-14)18-9(8(5)16)12-2-1-7(15)11-10(12)17/h1-2,5-6,8-9,13-14,16H,3-4H2,(H,11,15,17). The SMILES string of the molecule is O=c1ccn(C2OC(CO)C(CO)C2O)c(=O)[nH]1. The van der Waals surface area contributed by atoms with Gasteiger partial charge in [0.2, 0.25) is 0 Å². The number of aliphatic hydroxyl groups excluding tert-OH is 3. The first kappa shape index (κ1) is 13.0. The van der Waals surface area contributed by atoms with Crippen LogP contribution in [0.2, 0.25) is 0 Å². The van der Waals surface area contributed by atoms with Gasteiger partial charge in [0, 0.05) is 18.2 Å². The molecule has 2 heterocycles. The summed E-state index contributed by atoms with van der Waals surface area (Å²) >= 11 is 0. The second-order valence-corrected chi connectivity index (χ2v) is 4.10. The minimum atomic E-state index is -1.14. The predicted molar refractivity (Wildman–Crippen MR) is 58.9 cm³/mol. The Bertz CT molecular complexity index is 524. The molecule has 0 saturated carbocycles. The average Bonchev–Trinajstić information content (AvgIpc) is 2.66. The molecule has 1 aliphatic rings. The Balaban J connectivity index is 2.34. The van der Waals surface area contributed by atoms with Crippen molar-refractivity contribution in [3.63, 3.8) is 0 Å². The number of hydrogen-bond donors (Lipinski definition) is 4. The van der Waals surface area contributed by atoms with E-state index in [0.29, 0.717) is 0 Å². The van der Waals surface area contributed by atoms with Gasteiger partial charge in [-0.1, -0.05) is 0 Å². The Hall–Kier alpha value is -1.48. The fourth-order valence-electron chi connectivity index (χ4n) is 2.05. The van der Waals surface area contributed by atoms with Crippen molar-refractivity contribution in [1.82, 2.24) is 9.55 Å². The van der Waals surface area contributed by atoms with Crippen molar-refractivity contribution >= 4 is 0 Å². The summed E-state index contributed by atoms with van der Waals surface area (Å²) in [7, 11) is 0. The maximum absolute atomic E-state index is 11.6. The van der Waals surface area contributed by atoms with E-state index < -0.39 is 35.6 Å². The third kappa shape index (κ3) is 2.10. The highest BCUT2D eigenvalue weighted by Gasteiger charge is 2.44. The fraction of sp³-hybridized carbons (Fsp3) is 0.600. The Morgan fingerprint density at radius 1 is 1.33 bits per heavy atom. The van der Waals surface area contributed by atoms with Crippen molar-refractivity contribution in [2.24, 2.45) is 5.92 Å². The molecule has 0 aromatic carbocycles. The van der Waals surface area contributed by atoms with Crippen LogP contribution in [0.15, 0.2) is 21.9 Å². The lowest BCUT2D eigenvalue weighted by Crippen LogP contribution is -2.36. The molecule has 2 rings (SSSR count). The smallest absolute Gasteiger partial charge is 0.330 e. The van der Waals surface area contributed by atoms with E-state index in [9.17, 15) is 14.7 Å². The highest BCUT2D eigenvalue weighted by Crippen LogP contribution is 2.32. The van der Waals surface area contributed by atoms with Crippen LogP contribution in [0.5, 0.6) is 0 Å². The molecule has 1 aromatic heterocycles. The summed E-state index contributed by atoms with van der Waals surface area (Å²) < 4.78 is 6.33. The molecular formula is C10H14N2O6. The summed E-state index contributed by atoms with van der Waals surface area (Å²) in [6.45, 7) is -0.752. The van der Waals surface area contributed by atoms with Gasteiger partial charge in [-0.25, -0.2) is 4.79 Å². The normalized spacial score (nSPS) is 31.7. The van der Waals surface area contributed by atoms with Crippen LogP contribution in [0, 0.1) is 5.92 Å². The number of H-pyrrole nitrogens is 1. The van der Waals surface area contributed by atoms with Crippen LogP contribution in [0.1, 0.15) is 6.23 Å². The van der Waals surface area contributed by atoms with Gasteiger partial charge in [-0.2, -0.15) is 0 Å². The van der Waals surface area contributed by atoms with E-state index in [0.717, 1.165) is 10.6 Å². The lowest BCUT2D eigenvalue weighted by atomic mass is 9.99. The monoisotopic (exact) mass is 258 g/mol. The molecule has 4 atom stereocenters. The number of aliphatic hydroxyl groups is 3. The summed E-state index contributed by atoms with van der Waals surface area (Å²) in [6.07, 6.45) is -1.74. The van der Waals surface area contributed by atoms with Gasteiger partial charge in [-0.05, 0) is 0 Å². The molecule has 8 nitrogen and oxygen atoms in total. The fourth-order valence-corrected chi connectivity index (χ4v) is 2.05. The molecule has 0 spiro atoms. The summed E-state index contributed by atoms with van der Waals surface area (Å²) in [5, 5.41) is 28.1. The third-order valence-corrected chi connectivity index (χ3v) is 3.04. The van der Waals surface area contributed by atoms with Crippen molar-refractivity contribution in [1.29, 1.82) is 0 Å². The first-order valence-corrected chi connectivity index (χ1v) is 5.45. The summed E-state index contributed by atoms with van der Waals surface area (Å²) in [5.41, 5.74) is -1.28. The maximum Gasteiger partial charge on any atom is 0.330 e. The van der Waals surface area contributed by atoms with Gasteiger partial charge in [-0.3, -0.25) is 14.3 Å². The Morgan fingerprint density at radius 2 is 2.06 bits per heavy atom. The number of aromatic nitrogens is 2. The van der Waals surface area contributed by atoms with Crippen LogP contribution in [-0.4, -0.2) is 50.3 Å². The van der Waals surface area contributed by atoms with Crippen LogP contribution >= 0.6 is 0 Å². The van der Waals surface area contributed by atoms with Gasteiger partial charge >= 0.3 is 5.69 Å². The Labute approximate surface area is 101 Å². The predicted octanol–water partition coefficient (Wildman–Crippen LogP) is -2.60. The lowest BCUT2D eigenvalue weighted by molar-refractivity contribution is -0.0538. The number of ether oxygens (including phenoxy) is 1. The third-order valence-electron chi connectivity index (χ3n) is 3.04. The topological polar surface area (TPSA) is 125 Å². The summed E-state index contributed by atoms with van der Waals surface area (Å²) in [4.78, 5) is 24.5. The van der Waals surface area contributed by atoms with Gasteiger partial charge in [0.25, 0.3) is 5.56 Å². The first-order valence-electron chi connectivity index (χ1n) is 5.45. The minimum Gasteiger partial charge on any atom is -0.396 e. The highest BCUT2D eigenvalue weighted by atomic mass is 16.5. The van der Waals surface area contributed by atoms with Crippen molar-refractivity contribution in [3.05, 3.63) is 33.1 Å². The van der Waals surface area contributed by atoms with E-state index >= 15 is 0 Å². The molecule has 4 N–H and O–H groups in total. The zero-order chi connectivity index (χ0) is 13.3. The van der Waals surface area contributed by atoms with Crippen molar-refractivity contribution in [2.75, 3.05) is 13.2 Å². The van der Waals surface area contributed by atoms with E-state index in [1.807, 2.05) is 4.98 Å². The molecule has 4 unspecified atom stereocenters. The van der Waals surface area contributed by atoms with E-state index in [1.165, 1.54) is 6.20 Å². The van der Waals surface area contributed by atoms with Crippen LogP contribution in [0.4, 0.5) is 0 Å². The molecule has 1 aromatic rings. The van der Waals surface area contributed by atoms with Gasteiger partial charge in [0.15, 0.2) is 6.23 Å². The molecule has 1 saturated heterocycles. The van der Waals surface area contributed by atoms with Crippen molar-refractivity contribution < 1.29 is 20.1 Å². The molecule has 1 fully saturated rings. The Morgan fingerprint density at radius 3 is 2.56 bits per heavy atom. The van der Waals surface area contributed by atoms with Gasteiger partial charge < -0.3 is 20.1 Å². The van der Waals surface area contributed by atoms with E-state index in [2.05, 4.69) is 0 Å².